The number of benzene rings is 9. The van der Waals surface area contributed by atoms with Gasteiger partial charge < -0.3 is 5.32 Å². The van der Waals surface area contributed by atoms with E-state index in [9.17, 15) is 0 Å². The lowest BCUT2D eigenvalue weighted by molar-refractivity contribution is 0.781. The summed E-state index contributed by atoms with van der Waals surface area (Å²) >= 11 is 0. The summed E-state index contributed by atoms with van der Waals surface area (Å²) in [6, 6.07) is 72.0. The fourth-order valence-corrected chi connectivity index (χ4v) is 7.91. The molecule has 1 aliphatic rings. The second-order valence-corrected chi connectivity index (χ2v) is 14.0. The van der Waals surface area contributed by atoms with Crippen molar-refractivity contribution < 1.29 is 0 Å². The van der Waals surface area contributed by atoms with Crippen molar-refractivity contribution in [3.8, 4) is 33.4 Å². The minimum Gasteiger partial charge on any atom is -0.359 e. The summed E-state index contributed by atoms with van der Waals surface area (Å²) in [6.07, 6.45) is 2.21. The van der Waals surface area contributed by atoms with Crippen LogP contribution in [-0.4, -0.2) is 5.84 Å². The number of hydrogen-bond donors (Lipinski definition) is 1. The molecule has 1 heterocycles. The van der Waals surface area contributed by atoms with Gasteiger partial charge in [0.2, 0.25) is 0 Å². The molecule has 9 aromatic rings. The average molecular weight is 689 g/mol. The predicted molar refractivity (Wildman–Crippen MR) is 229 cm³/mol. The first kappa shape index (κ1) is 31.7. The maximum atomic E-state index is 5.07. The van der Waals surface area contributed by atoms with Crippen molar-refractivity contribution in [2.75, 3.05) is 0 Å². The smallest absolute Gasteiger partial charge is 0.134 e. The SMILES string of the molecule is C1=C(c2ccccc2)N=C(c2ccc(-c3ccc(-c4ccc(-c5ccc6c7ccccc7c7ccccc7c6c5)cc4)cc3)cc2)NC1c1ccccc1. The van der Waals surface area contributed by atoms with Gasteiger partial charge in [0.1, 0.15) is 5.84 Å². The molecular formula is C52H36N2. The monoisotopic (exact) mass is 688 g/mol. The quantitative estimate of drug-likeness (QED) is 0.173. The van der Waals surface area contributed by atoms with Crippen molar-refractivity contribution in [3.05, 3.63) is 223 Å². The van der Waals surface area contributed by atoms with E-state index in [1.54, 1.807) is 0 Å². The lowest BCUT2D eigenvalue weighted by atomic mass is 9.91. The maximum absolute atomic E-state index is 5.07. The van der Waals surface area contributed by atoms with E-state index in [0.717, 1.165) is 22.7 Å². The third kappa shape index (κ3) is 5.84. The van der Waals surface area contributed by atoms with Crippen LogP contribution in [0.1, 0.15) is 22.7 Å². The predicted octanol–water partition coefficient (Wildman–Crippen LogP) is 13.3. The molecule has 0 saturated heterocycles. The van der Waals surface area contributed by atoms with Crippen LogP contribution in [0.15, 0.2) is 211 Å². The molecule has 1 atom stereocenters. The van der Waals surface area contributed by atoms with Gasteiger partial charge in [-0.2, -0.15) is 0 Å². The second-order valence-electron chi connectivity index (χ2n) is 14.0. The zero-order chi connectivity index (χ0) is 35.8. The highest BCUT2D eigenvalue weighted by Crippen LogP contribution is 2.37. The summed E-state index contributed by atoms with van der Waals surface area (Å²) in [5, 5.41) is 11.5. The molecule has 0 amide bonds. The molecule has 0 aromatic heterocycles. The molecule has 9 aromatic carbocycles. The van der Waals surface area contributed by atoms with Crippen LogP contribution in [0.5, 0.6) is 0 Å². The molecule has 54 heavy (non-hydrogen) atoms. The number of nitrogens with zero attached hydrogens (tertiary/aromatic N) is 1. The van der Waals surface area contributed by atoms with Gasteiger partial charge in [-0.15, -0.1) is 0 Å². The molecular weight excluding hydrogens is 653 g/mol. The molecule has 0 fully saturated rings. The number of amidine groups is 1. The highest BCUT2D eigenvalue weighted by atomic mass is 15.0. The Morgan fingerprint density at radius 3 is 1.22 bits per heavy atom. The van der Waals surface area contributed by atoms with Gasteiger partial charge in [-0.25, -0.2) is 4.99 Å². The van der Waals surface area contributed by atoms with Crippen LogP contribution in [0.3, 0.4) is 0 Å². The fraction of sp³-hybridized carbons (Fsp3) is 0.0192. The summed E-state index contributed by atoms with van der Waals surface area (Å²) in [6.45, 7) is 0. The number of fused-ring (bicyclic) bond motifs is 6. The number of aliphatic imine (C=N–C) groups is 1. The lowest BCUT2D eigenvalue weighted by Crippen LogP contribution is -2.31. The third-order valence-corrected chi connectivity index (χ3v) is 10.7. The molecule has 1 N–H and O–H groups in total. The molecule has 0 bridgehead atoms. The second kappa shape index (κ2) is 13.5. The standard InChI is InChI=1S/C52H36N2/c1-3-11-40(12-4-1)50-34-51(41-13-5-2-6-14-41)54-52(53-50)42-29-27-38(28-30-42)36-21-19-35(20-22-36)37-23-25-39(26-24-37)43-31-32-48-46-17-8-7-15-44(46)45-16-9-10-18-47(45)49(48)33-43/h1-34,50H,(H,53,54). The normalized spacial score (nSPS) is 14.1. The number of nitrogens with one attached hydrogen (secondary N) is 1. The van der Waals surface area contributed by atoms with Crippen molar-refractivity contribution in [2.45, 2.75) is 6.04 Å². The molecule has 0 aliphatic carbocycles. The highest BCUT2D eigenvalue weighted by Gasteiger charge is 2.20. The van der Waals surface area contributed by atoms with Crippen LogP contribution < -0.4 is 5.32 Å². The summed E-state index contributed by atoms with van der Waals surface area (Å²) < 4.78 is 0. The lowest BCUT2D eigenvalue weighted by Gasteiger charge is -2.24. The molecule has 0 saturated carbocycles. The van der Waals surface area contributed by atoms with Crippen LogP contribution in [-0.2, 0) is 0 Å². The van der Waals surface area contributed by atoms with Gasteiger partial charge in [-0.1, -0.05) is 194 Å². The summed E-state index contributed by atoms with van der Waals surface area (Å²) in [4.78, 5) is 5.07. The largest absolute Gasteiger partial charge is 0.359 e. The zero-order valence-electron chi connectivity index (χ0n) is 29.7. The van der Waals surface area contributed by atoms with E-state index in [-0.39, 0.29) is 6.04 Å². The third-order valence-electron chi connectivity index (χ3n) is 10.7. The van der Waals surface area contributed by atoms with E-state index in [1.165, 1.54) is 71.3 Å². The topological polar surface area (TPSA) is 24.4 Å². The summed E-state index contributed by atoms with van der Waals surface area (Å²) in [5.74, 6) is 0.876. The van der Waals surface area contributed by atoms with Gasteiger partial charge in [-0.05, 0) is 89.0 Å². The molecule has 1 aliphatic heterocycles. The van der Waals surface area contributed by atoms with Crippen LogP contribution in [0.2, 0.25) is 0 Å². The summed E-state index contributed by atoms with van der Waals surface area (Å²) in [7, 11) is 0. The highest BCUT2D eigenvalue weighted by molar-refractivity contribution is 6.25. The van der Waals surface area contributed by atoms with Crippen molar-refractivity contribution >= 4 is 43.9 Å². The Morgan fingerprint density at radius 2 is 0.704 bits per heavy atom. The van der Waals surface area contributed by atoms with Gasteiger partial charge in [-0.3, -0.25) is 0 Å². The van der Waals surface area contributed by atoms with Gasteiger partial charge in [0.15, 0.2) is 0 Å². The van der Waals surface area contributed by atoms with E-state index < -0.39 is 0 Å². The van der Waals surface area contributed by atoms with E-state index in [2.05, 4.69) is 206 Å². The van der Waals surface area contributed by atoms with E-state index in [0.29, 0.717) is 0 Å². The minimum absolute atomic E-state index is 0.0314. The Balaban J connectivity index is 0.895. The van der Waals surface area contributed by atoms with E-state index >= 15 is 0 Å². The van der Waals surface area contributed by atoms with Crippen molar-refractivity contribution in [1.82, 2.24) is 5.32 Å². The summed E-state index contributed by atoms with van der Waals surface area (Å²) in [5.41, 5.74) is 11.6. The Labute approximate surface area is 315 Å². The average Bonchev–Trinajstić information content (AvgIpc) is 3.27. The Kier molecular flexibility index (Phi) is 7.92. The van der Waals surface area contributed by atoms with Gasteiger partial charge >= 0.3 is 0 Å². The van der Waals surface area contributed by atoms with Crippen LogP contribution in [0, 0.1) is 0 Å². The van der Waals surface area contributed by atoms with Crippen molar-refractivity contribution in [3.63, 3.8) is 0 Å². The zero-order valence-corrected chi connectivity index (χ0v) is 29.7. The molecule has 2 nitrogen and oxygen atoms in total. The minimum atomic E-state index is 0.0314. The van der Waals surface area contributed by atoms with Gasteiger partial charge in [0.25, 0.3) is 0 Å². The van der Waals surface area contributed by atoms with Crippen molar-refractivity contribution in [1.29, 1.82) is 0 Å². The first-order chi connectivity index (χ1) is 26.7. The Hall–Kier alpha value is -7.03. The molecule has 2 heteroatoms. The Bertz CT molecular complexity index is 2820. The molecule has 0 radical (unpaired) electrons. The van der Waals surface area contributed by atoms with Crippen LogP contribution in [0.25, 0.3) is 71.4 Å². The van der Waals surface area contributed by atoms with Crippen LogP contribution in [0.4, 0.5) is 0 Å². The molecule has 10 rings (SSSR count). The fourth-order valence-electron chi connectivity index (χ4n) is 7.91. The first-order valence-electron chi connectivity index (χ1n) is 18.6. The Morgan fingerprint density at radius 1 is 0.315 bits per heavy atom. The maximum Gasteiger partial charge on any atom is 0.134 e. The van der Waals surface area contributed by atoms with E-state index in [1.807, 2.05) is 6.07 Å². The van der Waals surface area contributed by atoms with Crippen molar-refractivity contribution in [2.24, 2.45) is 4.99 Å². The molecule has 0 spiro atoms. The number of hydrogen-bond acceptors (Lipinski definition) is 2. The van der Waals surface area contributed by atoms with Gasteiger partial charge in [0.05, 0.1) is 11.7 Å². The number of rotatable bonds is 6. The molecule has 1 unspecified atom stereocenters. The first-order valence-corrected chi connectivity index (χ1v) is 18.6. The van der Waals surface area contributed by atoms with E-state index in [4.69, 9.17) is 4.99 Å². The molecule has 254 valence electrons. The van der Waals surface area contributed by atoms with Gasteiger partial charge in [0, 0.05) is 5.56 Å². The van der Waals surface area contributed by atoms with Crippen LogP contribution >= 0.6 is 0 Å².